The van der Waals surface area contributed by atoms with Gasteiger partial charge < -0.3 is 4.42 Å². The van der Waals surface area contributed by atoms with E-state index < -0.39 is 28.8 Å². The van der Waals surface area contributed by atoms with E-state index in [0.717, 1.165) is 17.8 Å². The van der Waals surface area contributed by atoms with Crippen LogP contribution in [-0.4, -0.2) is 17.3 Å². The van der Waals surface area contributed by atoms with E-state index >= 15 is 0 Å². The third-order valence-corrected chi connectivity index (χ3v) is 3.63. The first kappa shape index (κ1) is 16.6. The molecule has 1 aromatic carbocycles. The third-order valence-electron chi connectivity index (χ3n) is 2.86. The lowest BCUT2D eigenvalue weighted by Crippen LogP contribution is -2.24. The van der Waals surface area contributed by atoms with Gasteiger partial charge in [0.05, 0.1) is 5.56 Å². The molecule has 2 nitrogen and oxygen atoms in total. The van der Waals surface area contributed by atoms with Gasteiger partial charge in [-0.1, -0.05) is 49.0 Å². The normalized spacial score (nSPS) is 11.9. The highest BCUT2D eigenvalue weighted by Crippen LogP contribution is 2.41. The van der Waals surface area contributed by atoms with E-state index in [1.165, 1.54) is 0 Å². The summed E-state index contributed by atoms with van der Waals surface area (Å²) in [5, 5.41) is -0.719. The van der Waals surface area contributed by atoms with E-state index in [4.69, 9.17) is 4.42 Å². The van der Waals surface area contributed by atoms with Gasteiger partial charge in [-0.2, -0.15) is 8.78 Å². The van der Waals surface area contributed by atoms with Gasteiger partial charge in [0.25, 0.3) is 0 Å². The first-order valence-electron chi connectivity index (χ1n) is 6.40. The van der Waals surface area contributed by atoms with Crippen molar-refractivity contribution in [2.75, 3.05) is 5.75 Å². The average Bonchev–Trinajstić information content (AvgIpc) is 2.94. The summed E-state index contributed by atoms with van der Waals surface area (Å²) in [5.41, 5.74) is -0.0923. The Bertz CT molecular complexity index is 653. The molecule has 2 aromatic rings. The molecule has 0 aliphatic carbocycles. The molecule has 0 N–H and O–H groups in total. The van der Waals surface area contributed by atoms with Crippen molar-refractivity contribution in [3.8, 4) is 11.3 Å². The van der Waals surface area contributed by atoms with Gasteiger partial charge in [-0.15, -0.1) is 0 Å². The van der Waals surface area contributed by atoms with Crippen LogP contribution in [0.5, 0.6) is 0 Å². The fourth-order valence-electron chi connectivity index (χ4n) is 1.84. The van der Waals surface area contributed by atoms with E-state index in [9.17, 15) is 22.4 Å². The molecule has 0 saturated heterocycles. The Hall–Kier alpha value is -1.76. The molecule has 0 atom stereocenters. The monoisotopic (exact) mass is 332 g/mol. The SMILES string of the molecule is CCSC(=O)c1cc(-c2ccccc2)oc1C(F)(F)C(F)F. The van der Waals surface area contributed by atoms with Crippen molar-refractivity contribution in [3.05, 3.63) is 47.7 Å². The first-order valence-corrected chi connectivity index (χ1v) is 7.39. The second-order valence-electron chi connectivity index (χ2n) is 4.36. The van der Waals surface area contributed by atoms with Crippen LogP contribution in [0.4, 0.5) is 17.6 Å². The van der Waals surface area contributed by atoms with Crippen molar-refractivity contribution in [2.45, 2.75) is 19.3 Å². The van der Waals surface area contributed by atoms with Crippen LogP contribution in [0.2, 0.25) is 0 Å². The molecule has 0 unspecified atom stereocenters. The molecule has 0 radical (unpaired) electrons. The minimum atomic E-state index is -4.52. The molecule has 0 fully saturated rings. The molecule has 0 aliphatic heterocycles. The highest BCUT2D eigenvalue weighted by Gasteiger charge is 2.49. The summed E-state index contributed by atoms with van der Waals surface area (Å²) in [4.78, 5) is 11.9. The van der Waals surface area contributed by atoms with Gasteiger partial charge in [0.1, 0.15) is 5.76 Å². The van der Waals surface area contributed by atoms with Crippen molar-refractivity contribution in [1.29, 1.82) is 0 Å². The van der Waals surface area contributed by atoms with Crippen LogP contribution in [0.15, 0.2) is 40.8 Å². The lowest BCUT2D eigenvalue weighted by atomic mass is 10.1. The zero-order valence-corrected chi connectivity index (χ0v) is 12.3. The molecule has 2 rings (SSSR count). The summed E-state index contributed by atoms with van der Waals surface area (Å²) in [6, 6.07) is 9.23. The number of carbonyl (C=O) groups excluding carboxylic acids is 1. The number of halogens is 4. The predicted molar refractivity (Wildman–Crippen MR) is 76.5 cm³/mol. The molecular weight excluding hydrogens is 320 g/mol. The van der Waals surface area contributed by atoms with Crippen LogP contribution in [-0.2, 0) is 5.92 Å². The van der Waals surface area contributed by atoms with Crippen molar-refractivity contribution in [1.82, 2.24) is 0 Å². The molecule has 118 valence electrons. The molecule has 0 bridgehead atoms. The van der Waals surface area contributed by atoms with Crippen LogP contribution in [0.1, 0.15) is 23.0 Å². The predicted octanol–water partition coefficient (Wildman–Crippen LogP) is 5.20. The standard InChI is InChI=1S/C15H12F4O2S/c1-2-22-13(20)10-8-11(9-6-4-3-5-7-9)21-12(10)15(18,19)14(16)17/h3-8,14H,2H2,1H3. The number of rotatable bonds is 5. The maximum absolute atomic E-state index is 13.7. The number of thioether (sulfide) groups is 1. The summed E-state index contributed by atoms with van der Waals surface area (Å²) in [6.07, 6.45) is -3.96. The minimum Gasteiger partial charge on any atom is -0.454 e. The Morgan fingerprint density at radius 1 is 1.27 bits per heavy atom. The lowest BCUT2D eigenvalue weighted by Gasteiger charge is -2.13. The van der Waals surface area contributed by atoms with Crippen molar-refractivity contribution < 1.29 is 26.8 Å². The Balaban J connectivity index is 2.55. The topological polar surface area (TPSA) is 30.2 Å². The molecule has 0 aliphatic rings. The minimum absolute atomic E-state index is 0.0454. The van der Waals surface area contributed by atoms with Gasteiger partial charge in [0.2, 0.25) is 5.12 Å². The fraction of sp³-hybridized carbons (Fsp3) is 0.267. The highest BCUT2D eigenvalue weighted by molar-refractivity contribution is 8.14. The summed E-state index contributed by atoms with van der Waals surface area (Å²) >= 11 is 0.758. The highest BCUT2D eigenvalue weighted by atomic mass is 32.2. The second kappa shape index (κ2) is 6.56. The Labute approximate surface area is 128 Å². The Morgan fingerprint density at radius 2 is 1.91 bits per heavy atom. The van der Waals surface area contributed by atoms with Crippen molar-refractivity contribution in [2.24, 2.45) is 0 Å². The molecule has 0 spiro atoms. The van der Waals surface area contributed by atoms with Gasteiger partial charge in [-0.05, 0) is 11.8 Å². The lowest BCUT2D eigenvalue weighted by molar-refractivity contribution is -0.147. The number of hydrogen-bond acceptors (Lipinski definition) is 3. The summed E-state index contributed by atoms with van der Waals surface area (Å²) in [7, 11) is 0. The maximum atomic E-state index is 13.7. The van der Waals surface area contributed by atoms with Crippen LogP contribution in [0.25, 0.3) is 11.3 Å². The number of furan rings is 1. The molecule has 1 heterocycles. The maximum Gasteiger partial charge on any atom is 0.364 e. The van der Waals surface area contributed by atoms with Crippen LogP contribution in [0.3, 0.4) is 0 Å². The quantitative estimate of drug-likeness (QED) is 0.705. The molecule has 0 saturated carbocycles. The Kier molecular flexibility index (Phi) is 4.95. The van der Waals surface area contributed by atoms with Gasteiger partial charge >= 0.3 is 12.3 Å². The molecule has 22 heavy (non-hydrogen) atoms. The zero-order chi connectivity index (χ0) is 16.3. The van der Waals surface area contributed by atoms with Gasteiger partial charge in [-0.3, -0.25) is 4.79 Å². The number of benzene rings is 1. The summed E-state index contributed by atoms with van der Waals surface area (Å²) in [6.45, 7) is 1.66. The third kappa shape index (κ3) is 3.19. The van der Waals surface area contributed by atoms with E-state index in [1.54, 1.807) is 37.3 Å². The fourth-order valence-corrected chi connectivity index (χ4v) is 2.41. The van der Waals surface area contributed by atoms with Gasteiger partial charge in [0.15, 0.2) is 5.76 Å². The van der Waals surface area contributed by atoms with E-state index in [2.05, 4.69) is 0 Å². The zero-order valence-electron chi connectivity index (χ0n) is 11.5. The van der Waals surface area contributed by atoms with Crippen LogP contribution < -0.4 is 0 Å². The number of carbonyl (C=O) groups is 1. The van der Waals surface area contributed by atoms with E-state index in [1.807, 2.05) is 0 Å². The van der Waals surface area contributed by atoms with Crippen molar-refractivity contribution in [3.63, 3.8) is 0 Å². The van der Waals surface area contributed by atoms with Crippen molar-refractivity contribution >= 4 is 16.9 Å². The van der Waals surface area contributed by atoms with Crippen LogP contribution >= 0.6 is 11.8 Å². The molecular formula is C15H12F4O2S. The second-order valence-corrected chi connectivity index (χ2v) is 5.60. The molecule has 7 heteroatoms. The number of hydrogen-bond donors (Lipinski definition) is 0. The first-order chi connectivity index (χ1) is 10.4. The summed E-state index contributed by atoms with van der Waals surface area (Å²) < 4.78 is 57.5. The smallest absolute Gasteiger partial charge is 0.364 e. The van der Waals surface area contributed by atoms with Gasteiger partial charge in [-0.25, -0.2) is 8.78 Å². The van der Waals surface area contributed by atoms with Crippen LogP contribution in [0, 0.1) is 0 Å². The number of alkyl halides is 4. The summed E-state index contributed by atoms with van der Waals surface area (Å²) in [5.74, 6) is -5.51. The average molecular weight is 332 g/mol. The molecule has 1 aromatic heterocycles. The Morgan fingerprint density at radius 3 is 2.45 bits per heavy atom. The van der Waals surface area contributed by atoms with E-state index in [0.29, 0.717) is 11.3 Å². The van der Waals surface area contributed by atoms with Gasteiger partial charge in [0, 0.05) is 5.56 Å². The largest absolute Gasteiger partial charge is 0.454 e. The van der Waals surface area contributed by atoms with E-state index in [-0.39, 0.29) is 5.76 Å². The molecule has 0 amide bonds.